The van der Waals surface area contributed by atoms with Gasteiger partial charge in [0.05, 0.1) is 52.7 Å². The van der Waals surface area contributed by atoms with Crippen molar-refractivity contribution in [2.24, 2.45) is 16.8 Å². The number of hydrogen-bond donors (Lipinski definition) is 6. The van der Waals surface area contributed by atoms with Gasteiger partial charge in [-0.25, -0.2) is 9.59 Å². The highest BCUT2D eigenvalue weighted by molar-refractivity contribution is 5.98. The summed E-state index contributed by atoms with van der Waals surface area (Å²) in [6.45, 7) is 7.13. The van der Waals surface area contributed by atoms with Crippen LogP contribution in [-0.4, -0.2) is 114 Å². The molecule has 326 valence electrons. The van der Waals surface area contributed by atoms with E-state index in [-0.39, 0.29) is 95.4 Å². The molecule has 0 saturated heterocycles. The number of benzene rings is 1. The number of nitrogens with zero attached hydrogens (tertiary/aromatic N) is 7. The zero-order valence-electron chi connectivity index (χ0n) is 34.2. The Morgan fingerprint density at radius 2 is 1.67 bits per heavy atom. The number of primary amides is 1. The smallest absolute Gasteiger partial charge is 0.331 e. The number of terminal acetylenes is 1. The molecule has 1 aromatic carbocycles. The Labute approximate surface area is 347 Å². The molecular formula is C38H55N13O9. The Morgan fingerprint density at radius 3 is 2.32 bits per heavy atom. The Bertz CT molecular complexity index is 2020. The summed E-state index contributed by atoms with van der Waals surface area (Å²) in [7, 11) is 0. The number of azide groups is 1. The molecule has 0 aliphatic heterocycles. The van der Waals surface area contributed by atoms with E-state index in [0.29, 0.717) is 30.0 Å². The zero-order chi connectivity index (χ0) is 43.9. The van der Waals surface area contributed by atoms with Gasteiger partial charge < -0.3 is 51.7 Å². The zero-order valence-corrected chi connectivity index (χ0v) is 34.2. The number of unbranched alkanes of at least 4 members (excludes halogenated alkanes) is 1. The minimum Gasteiger partial charge on any atom is -0.463 e. The van der Waals surface area contributed by atoms with Gasteiger partial charge in [-0.15, -0.1) is 6.42 Å². The van der Waals surface area contributed by atoms with Gasteiger partial charge in [0.2, 0.25) is 17.7 Å². The molecule has 3 aromatic rings. The second kappa shape index (κ2) is 25.9. The SMILES string of the molecule is C#CCn1c(=O)n(Cc2ccc(NC(=O)[C@H](CCCNC(N)=O)NC(=O)[C@@H](NC(=O)COCCOCCOCCN=[N+]=[N-])C(C)C)cc2)c2c(N)nc(OCCCC)nc21. The van der Waals surface area contributed by atoms with Crippen LogP contribution in [0.25, 0.3) is 21.6 Å². The lowest BCUT2D eigenvalue weighted by atomic mass is 10.0. The lowest BCUT2D eigenvalue weighted by Crippen LogP contribution is -2.55. The summed E-state index contributed by atoms with van der Waals surface area (Å²) >= 11 is 0. The van der Waals surface area contributed by atoms with Gasteiger partial charge in [-0.05, 0) is 48.4 Å². The number of nitrogens with two attached hydrogens (primary N) is 2. The normalized spacial score (nSPS) is 11.9. The monoisotopic (exact) mass is 837 g/mol. The van der Waals surface area contributed by atoms with Crippen LogP contribution in [0.15, 0.2) is 34.2 Å². The highest BCUT2D eigenvalue weighted by atomic mass is 16.5. The molecular weight excluding hydrogens is 782 g/mol. The topological polar surface area (TPSA) is 307 Å². The minimum atomic E-state index is -1.07. The highest BCUT2D eigenvalue weighted by Gasteiger charge is 2.29. The van der Waals surface area contributed by atoms with Crippen molar-refractivity contribution in [3.63, 3.8) is 0 Å². The molecule has 0 fully saturated rings. The van der Waals surface area contributed by atoms with Crippen LogP contribution in [0.2, 0.25) is 0 Å². The third-order valence-electron chi connectivity index (χ3n) is 8.64. The van der Waals surface area contributed by atoms with Crippen LogP contribution < -0.4 is 43.2 Å². The summed E-state index contributed by atoms with van der Waals surface area (Å²) in [5, 5.41) is 14.0. The van der Waals surface area contributed by atoms with E-state index in [1.807, 2.05) is 6.92 Å². The molecule has 0 aliphatic carbocycles. The number of rotatable bonds is 28. The van der Waals surface area contributed by atoms with Gasteiger partial charge >= 0.3 is 17.7 Å². The fourth-order valence-electron chi connectivity index (χ4n) is 5.63. The number of aromatic nitrogens is 4. The maximum absolute atomic E-state index is 13.6. The third kappa shape index (κ3) is 15.7. The average Bonchev–Trinajstić information content (AvgIpc) is 3.47. The number of nitrogens with one attached hydrogen (secondary N) is 4. The largest absolute Gasteiger partial charge is 0.463 e. The number of nitrogen functional groups attached to an aromatic ring is 1. The summed E-state index contributed by atoms with van der Waals surface area (Å²) < 4.78 is 24.3. The van der Waals surface area contributed by atoms with Gasteiger partial charge in [-0.3, -0.25) is 23.5 Å². The number of fused-ring (bicyclic) bond motifs is 1. The molecule has 60 heavy (non-hydrogen) atoms. The first kappa shape index (κ1) is 48.0. The molecule has 0 saturated carbocycles. The number of hydrogen-bond acceptors (Lipinski definition) is 13. The predicted octanol–water partition coefficient (Wildman–Crippen LogP) is 1.41. The Hall–Kier alpha value is -6.40. The molecule has 2 aromatic heterocycles. The number of carbonyl (C=O) groups excluding carboxylic acids is 4. The van der Waals surface area contributed by atoms with Gasteiger partial charge in [0.1, 0.15) is 24.2 Å². The Balaban J connectivity index is 1.65. The van der Waals surface area contributed by atoms with E-state index in [9.17, 15) is 24.0 Å². The Kier molecular flexibility index (Phi) is 20.7. The number of amides is 5. The minimum absolute atomic E-state index is 0.0449. The second-order valence-electron chi connectivity index (χ2n) is 13.6. The lowest BCUT2D eigenvalue weighted by Gasteiger charge is -2.25. The van der Waals surface area contributed by atoms with Crippen LogP contribution in [0.3, 0.4) is 0 Å². The molecule has 0 aliphatic rings. The van der Waals surface area contributed by atoms with Crippen molar-refractivity contribution in [3.05, 3.63) is 50.8 Å². The lowest BCUT2D eigenvalue weighted by molar-refractivity contribution is -0.134. The summed E-state index contributed by atoms with van der Waals surface area (Å²) in [4.78, 5) is 75.9. The first-order chi connectivity index (χ1) is 28.9. The third-order valence-corrected chi connectivity index (χ3v) is 8.64. The second-order valence-corrected chi connectivity index (χ2v) is 13.6. The predicted molar refractivity (Wildman–Crippen MR) is 222 cm³/mol. The van der Waals surface area contributed by atoms with E-state index >= 15 is 0 Å². The molecule has 8 N–H and O–H groups in total. The molecule has 0 unspecified atom stereocenters. The molecule has 2 heterocycles. The Morgan fingerprint density at radius 1 is 0.967 bits per heavy atom. The molecule has 0 spiro atoms. The van der Waals surface area contributed by atoms with Crippen molar-refractivity contribution in [2.75, 3.05) is 70.4 Å². The van der Waals surface area contributed by atoms with Crippen molar-refractivity contribution in [1.82, 2.24) is 35.1 Å². The summed E-state index contributed by atoms with van der Waals surface area (Å²) in [6.07, 6.45) is 7.67. The number of anilines is 2. The summed E-state index contributed by atoms with van der Waals surface area (Å²) in [5.74, 6) is 0.467. The van der Waals surface area contributed by atoms with E-state index in [4.69, 9.17) is 42.4 Å². The van der Waals surface area contributed by atoms with Gasteiger partial charge in [0.25, 0.3) is 0 Å². The van der Waals surface area contributed by atoms with Crippen LogP contribution >= 0.6 is 0 Å². The number of carbonyl (C=O) groups is 4. The van der Waals surface area contributed by atoms with E-state index in [2.05, 4.69) is 47.2 Å². The van der Waals surface area contributed by atoms with Crippen molar-refractivity contribution in [2.45, 2.75) is 71.6 Å². The van der Waals surface area contributed by atoms with Crippen LogP contribution in [0.4, 0.5) is 16.3 Å². The summed E-state index contributed by atoms with van der Waals surface area (Å²) in [6, 6.07) is 3.92. The van der Waals surface area contributed by atoms with Gasteiger partial charge in [-0.1, -0.05) is 50.4 Å². The molecule has 3 rings (SSSR count). The molecule has 2 atom stereocenters. The van der Waals surface area contributed by atoms with E-state index in [1.165, 1.54) is 9.13 Å². The van der Waals surface area contributed by atoms with Crippen molar-refractivity contribution in [1.29, 1.82) is 0 Å². The highest BCUT2D eigenvalue weighted by Crippen LogP contribution is 2.22. The van der Waals surface area contributed by atoms with Crippen LogP contribution in [0.1, 0.15) is 52.0 Å². The van der Waals surface area contributed by atoms with Crippen molar-refractivity contribution >= 4 is 46.4 Å². The molecule has 22 nitrogen and oxygen atoms in total. The molecule has 0 bridgehead atoms. The van der Waals surface area contributed by atoms with Gasteiger partial charge in [0, 0.05) is 23.7 Å². The van der Waals surface area contributed by atoms with Gasteiger partial charge in [-0.2, -0.15) is 9.97 Å². The van der Waals surface area contributed by atoms with Crippen LogP contribution in [0.5, 0.6) is 6.01 Å². The molecule has 0 radical (unpaired) electrons. The van der Waals surface area contributed by atoms with Gasteiger partial charge in [0.15, 0.2) is 11.5 Å². The van der Waals surface area contributed by atoms with Crippen molar-refractivity contribution < 1.29 is 38.1 Å². The van der Waals surface area contributed by atoms with Crippen molar-refractivity contribution in [3.8, 4) is 18.4 Å². The van der Waals surface area contributed by atoms with Crippen LogP contribution in [-0.2, 0) is 41.7 Å². The molecule has 22 heteroatoms. The van der Waals surface area contributed by atoms with E-state index in [0.717, 1.165) is 12.8 Å². The first-order valence-corrected chi connectivity index (χ1v) is 19.5. The first-order valence-electron chi connectivity index (χ1n) is 19.5. The van der Waals surface area contributed by atoms with Crippen LogP contribution in [0, 0.1) is 18.3 Å². The maximum atomic E-state index is 13.6. The van der Waals surface area contributed by atoms with E-state index < -0.39 is 41.5 Å². The average molecular weight is 838 g/mol. The maximum Gasteiger partial charge on any atom is 0.331 e. The number of ether oxygens (including phenoxy) is 4. The number of urea groups is 1. The molecule has 5 amide bonds. The fraction of sp³-hybridized carbons (Fsp3) is 0.553. The quantitative estimate of drug-likeness (QED) is 0.0199. The number of imidazole rings is 1. The fourth-order valence-corrected chi connectivity index (χ4v) is 5.63. The summed E-state index contributed by atoms with van der Waals surface area (Å²) in [5.41, 5.74) is 20.9. The van der Waals surface area contributed by atoms with E-state index in [1.54, 1.807) is 38.1 Å². The standard InChI is InChI=1S/C38H55N13O9/c1-5-7-17-60-37-47-32(39)31-33(48-37)50(16-6-2)38(56)51(31)23-26-10-12-27(13-11-26)44-34(53)28(9-8-14-42-36(40)55)45-35(54)30(25(3)4)46-29(52)24-59-22-21-58-20-19-57-18-15-43-49-41/h2,10-13,25,28,30H,5,7-9,14-24H2,1,3-4H3,(H,44,53)(H,45,54)(H,46,52)(H2,39,47,48)(H3,40,42,55)/t28-,30-/m0/s1.